The molecule has 0 N–H and O–H groups in total. The zero-order valence-electron chi connectivity index (χ0n) is 7.30. The topological polar surface area (TPSA) is 0 Å². The molecule has 1 unspecified atom stereocenters. The van der Waals surface area contributed by atoms with Gasteiger partial charge in [0.1, 0.15) is 0 Å². The van der Waals surface area contributed by atoms with E-state index in [2.05, 4.69) is 41.5 Å². The Bertz CT molecular complexity index is 291. The minimum atomic E-state index is 1.16. The molecule has 0 bridgehead atoms. The molecule has 0 saturated carbocycles. The number of rotatable bonds is 2. The molecule has 1 atom stereocenters. The average molecular weight is 176 g/mol. The van der Waals surface area contributed by atoms with Crippen LogP contribution in [0.2, 0.25) is 0 Å². The maximum absolute atomic E-state index is 3.78. The fourth-order valence-corrected chi connectivity index (χ4v) is 1.63. The molecule has 1 heteroatoms. The third-order valence-corrected chi connectivity index (χ3v) is 2.45. The highest BCUT2D eigenvalue weighted by atomic mass is 31.0. The van der Waals surface area contributed by atoms with Gasteiger partial charge in [0.05, 0.1) is 0 Å². The molecule has 0 fully saturated rings. The summed E-state index contributed by atoms with van der Waals surface area (Å²) < 4.78 is 0. The Morgan fingerprint density at radius 1 is 1.17 bits per heavy atom. The van der Waals surface area contributed by atoms with Crippen LogP contribution in [0.1, 0.15) is 16.7 Å². The van der Waals surface area contributed by atoms with Crippen LogP contribution < -0.4 is 5.30 Å². The normalized spacial score (nSPS) is 9.50. The van der Waals surface area contributed by atoms with Gasteiger partial charge >= 0.3 is 0 Å². The molecule has 62 valence electrons. The lowest BCUT2D eigenvalue weighted by molar-refractivity contribution is 1.45. The highest BCUT2D eigenvalue weighted by Crippen LogP contribution is 2.16. The minimum absolute atomic E-state index is 1.16. The summed E-state index contributed by atoms with van der Waals surface area (Å²) in [6.45, 7) is 9.64. The van der Waals surface area contributed by atoms with Crippen LogP contribution >= 0.6 is 9.24 Å². The molecule has 0 spiro atoms. The molecular weight excluding hydrogens is 163 g/mol. The largest absolute Gasteiger partial charge is 0.105 e. The minimum Gasteiger partial charge on any atom is -0.105 e. The van der Waals surface area contributed by atoms with Crippen molar-refractivity contribution in [1.82, 2.24) is 0 Å². The molecule has 0 nitrogen and oxygen atoms in total. The summed E-state index contributed by atoms with van der Waals surface area (Å²) in [4.78, 5) is 0. The van der Waals surface area contributed by atoms with E-state index in [1.54, 1.807) is 0 Å². The summed E-state index contributed by atoms with van der Waals surface area (Å²) in [6.07, 6.45) is 3.74. The van der Waals surface area contributed by atoms with Crippen molar-refractivity contribution in [2.75, 3.05) is 0 Å². The average Bonchev–Trinajstić information content (AvgIpc) is 2.08. The van der Waals surface area contributed by atoms with E-state index in [4.69, 9.17) is 0 Å². The van der Waals surface area contributed by atoms with Crippen LogP contribution in [-0.2, 0) is 0 Å². The highest BCUT2D eigenvalue weighted by Gasteiger charge is 2.01. The second kappa shape index (κ2) is 3.69. The van der Waals surface area contributed by atoms with E-state index in [0.29, 0.717) is 0 Å². The maximum Gasteiger partial charge on any atom is -0.0116 e. The molecular formula is C11H13P. The lowest BCUT2D eigenvalue weighted by Gasteiger charge is -2.07. The van der Waals surface area contributed by atoms with Crippen LogP contribution in [0.25, 0.3) is 12.2 Å². The summed E-state index contributed by atoms with van der Waals surface area (Å²) in [6, 6.07) is 4.16. The van der Waals surface area contributed by atoms with E-state index < -0.39 is 0 Å². The van der Waals surface area contributed by atoms with Gasteiger partial charge in [0.2, 0.25) is 0 Å². The standard InChI is InChI=1S/C11H13P/c1-4-9-8(3)6-7-11(12)10(9)5-2/h4-7H,1-2,12H2,3H3. The van der Waals surface area contributed by atoms with Gasteiger partial charge in [0.15, 0.2) is 0 Å². The van der Waals surface area contributed by atoms with Crippen molar-refractivity contribution in [3.63, 3.8) is 0 Å². The molecule has 1 rings (SSSR count). The molecule has 0 heterocycles. The van der Waals surface area contributed by atoms with E-state index in [-0.39, 0.29) is 0 Å². The van der Waals surface area contributed by atoms with Crippen LogP contribution in [0, 0.1) is 6.92 Å². The Kier molecular flexibility index (Phi) is 2.83. The van der Waals surface area contributed by atoms with Crippen molar-refractivity contribution in [3.8, 4) is 0 Å². The lowest BCUT2D eigenvalue weighted by Crippen LogP contribution is -2.00. The predicted molar refractivity (Wildman–Crippen MR) is 60.7 cm³/mol. The molecule has 0 saturated heterocycles. The van der Waals surface area contributed by atoms with Gasteiger partial charge in [-0.3, -0.25) is 0 Å². The lowest BCUT2D eigenvalue weighted by atomic mass is 10.0. The Morgan fingerprint density at radius 3 is 2.17 bits per heavy atom. The van der Waals surface area contributed by atoms with Crippen LogP contribution in [0.4, 0.5) is 0 Å². The van der Waals surface area contributed by atoms with Crippen LogP contribution in [0.3, 0.4) is 0 Å². The predicted octanol–water partition coefficient (Wildman–Crippen LogP) is 2.78. The number of hydrogen-bond donors (Lipinski definition) is 0. The summed E-state index contributed by atoms with van der Waals surface area (Å²) in [5.41, 5.74) is 3.58. The molecule has 0 aromatic heterocycles. The van der Waals surface area contributed by atoms with Gasteiger partial charge < -0.3 is 0 Å². The molecule has 0 amide bonds. The van der Waals surface area contributed by atoms with Gasteiger partial charge in [-0.2, -0.15) is 0 Å². The fourth-order valence-electron chi connectivity index (χ4n) is 1.26. The molecule has 1 aromatic rings. The van der Waals surface area contributed by atoms with Crippen molar-refractivity contribution < 1.29 is 0 Å². The van der Waals surface area contributed by atoms with Crippen molar-refractivity contribution in [3.05, 3.63) is 42.0 Å². The highest BCUT2D eigenvalue weighted by molar-refractivity contribution is 7.27. The summed E-state index contributed by atoms with van der Waals surface area (Å²) >= 11 is 0. The first kappa shape index (κ1) is 9.22. The first-order chi connectivity index (χ1) is 5.70. The van der Waals surface area contributed by atoms with E-state index in [0.717, 1.165) is 5.56 Å². The van der Waals surface area contributed by atoms with Crippen LogP contribution in [0.15, 0.2) is 25.3 Å². The van der Waals surface area contributed by atoms with Gasteiger partial charge in [0.25, 0.3) is 0 Å². The molecule has 0 aliphatic rings. The van der Waals surface area contributed by atoms with E-state index >= 15 is 0 Å². The van der Waals surface area contributed by atoms with E-state index in [1.165, 1.54) is 16.4 Å². The Labute approximate surface area is 76.2 Å². The van der Waals surface area contributed by atoms with Gasteiger partial charge in [-0.25, -0.2) is 0 Å². The first-order valence-electron chi connectivity index (χ1n) is 3.84. The van der Waals surface area contributed by atoms with Gasteiger partial charge in [-0.15, -0.1) is 9.24 Å². The SMILES string of the molecule is C=Cc1c(C)ccc(P)c1C=C. The van der Waals surface area contributed by atoms with Crippen molar-refractivity contribution >= 4 is 26.7 Å². The quantitative estimate of drug-likeness (QED) is 0.608. The van der Waals surface area contributed by atoms with Gasteiger partial charge in [-0.05, 0) is 28.9 Å². The molecule has 0 aliphatic heterocycles. The maximum atomic E-state index is 3.78. The molecule has 0 radical (unpaired) electrons. The number of benzene rings is 1. The summed E-state index contributed by atoms with van der Waals surface area (Å²) in [5, 5.41) is 1.17. The monoisotopic (exact) mass is 176 g/mol. The van der Waals surface area contributed by atoms with Crippen molar-refractivity contribution in [2.24, 2.45) is 0 Å². The first-order valence-corrected chi connectivity index (χ1v) is 4.42. The second-order valence-corrected chi connectivity index (χ2v) is 3.33. The molecule has 12 heavy (non-hydrogen) atoms. The zero-order chi connectivity index (χ0) is 9.14. The van der Waals surface area contributed by atoms with Crippen LogP contribution in [0.5, 0.6) is 0 Å². The third kappa shape index (κ3) is 1.49. The van der Waals surface area contributed by atoms with E-state index in [9.17, 15) is 0 Å². The second-order valence-electron chi connectivity index (χ2n) is 2.71. The van der Waals surface area contributed by atoms with E-state index in [1.807, 2.05) is 12.2 Å². The Balaban J connectivity index is 3.48. The fraction of sp³-hybridized carbons (Fsp3) is 0.0909. The number of aryl methyl sites for hydroxylation is 1. The summed E-state index contributed by atoms with van der Waals surface area (Å²) in [5.74, 6) is 0. The Morgan fingerprint density at radius 2 is 1.75 bits per heavy atom. The van der Waals surface area contributed by atoms with Gasteiger partial charge in [0, 0.05) is 0 Å². The summed E-state index contributed by atoms with van der Waals surface area (Å²) in [7, 11) is 2.70. The van der Waals surface area contributed by atoms with Crippen molar-refractivity contribution in [2.45, 2.75) is 6.92 Å². The van der Waals surface area contributed by atoms with Crippen LogP contribution in [-0.4, -0.2) is 0 Å². The number of hydrogen-bond acceptors (Lipinski definition) is 0. The van der Waals surface area contributed by atoms with Gasteiger partial charge in [-0.1, -0.05) is 37.4 Å². The smallest absolute Gasteiger partial charge is 0.0116 e. The Hall–Kier alpha value is -0.870. The molecule has 0 aliphatic carbocycles. The zero-order valence-corrected chi connectivity index (χ0v) is 8.46. The third-order valence-electron chi connectivity index (χ3n) is 1.95. The van der Waals surface area contributed by atoms with Crippen molar-refractivity contribution in [1.29, 1.82) is 0 Å². The molecule has 1 aromatic carbocycles.